The topological polar surface area (TPSA) is 20.3 Å². The molecule has 0 bridgehead atoms. The van der Waals surface area contributed by atoms with Crippen LogP contribution in [-0.2, 0) is 4.79 Å². The van der Waals surface area contributed by atoms with Crippen LogP contribution >= 0.6 is 0 Å². The third kappa shape index (κ3) is 4.30. The van der Waals surface area contributed by atoms with E-state index < -0.39 is 0 Å². The number of nitrogens with zero attached hydrogens (tertiary/aromatic N) is 1. The first-order chi connectivity index (χ1) is 6.24. The van der Waals surface area contributed by atoms with Crippen LogP contribution in [0.15, 0.2) is 0 Å². The van der Waals surface area contributed by atoms with Crippen molar-refractivity contribution in [3.05, 3.63) is 0 Å². The van der Waals surface area contributed by atoms with Crippen molar-refractivity contribution >= 4 is 5.91 Å². The Hall–Kier alpha value is -0.530. The summed E-state index contributed by atoms with van der Waals surface area (Å²) in [7, 11) is 0. The molecular weight excluding hydrogens is 162 g/mol. The van der Waals surface area contributed by atoms with Gasteiger partial charge in [0.2, 0.25) is 5.91 Å². The monoisotopic (exact) mass is 185 g/mol. The van der Waals surface area contributed by atoms with E-state index >= 15 is 0 Å². The molecule has 1 aliphatic heterocycles. The van der Waals surface area contributed by atoms with Gasteiger partial charge in [0.1, 0.15) is 0 Å². The van der Waals surface area contributed by atoms with Crippen molar-refractivity contribution in [2.75, 3.05) is 13.1 Å². The molecule has 1 atom stereocenters. The summed E-state index contributed by atoms with van der Waals surface area (Å²) in [5.74, 6) is 0.996. The molecule has 0 radical (unpaired) electrons. The minimum Gasteiger partial charge on any atom is -0.343 e. The van der Waals surface area contributed by atoms with Gasteiger partial charge in [-0.05, 0) is 18.8 Å². The molecule has 78 valence electrons. The highest BCUT2D eigenvalue weighted by molar-refractivity contribution is 5.73. The van der Waals surface area contributed by atoms with Gasteiger partial charge in [0, 0.05) is 20.0 Å². The molecule has 0 saturated carbocycles. The molecule has 0 aromatic rings. The number of carbonyl (C=O) groups is 1. The minimum absolute atomic E-state index is 0.239. The highest BCUT2D eigenvalue weighted by Crippen LogP contribution is 2.18. The molecule has 13 heavy (non-hydrogen) atoms. The van der Waals surface area contributed by atoms with Crippen LogP contribution in [-0.4, -0.2) is 23.9 Å². The quantitative estimate of drug-likeness (QED) is 0.615. The van der Waals surface area contributed by atoms with Gasteiger partial charge in [0.25, 0.3) is 0 Å². The number of hydrogen-bond donors (Lipinski definition) is 0. The molecule has 0 aromatic heterocycles. The van der Waals surface area contributed by atoms with Crippen LogP contribution < -0.4 is 0 Å². The van der Waals surface area contributed by atoms with Crippen molar-refractivity contribution < 1.29 is 4.79 Å². The van der Waals surface area contributed by atoms with E-state index in [4.69, 9.17) is 0 Å². The summed E-state index contributed by atoms with van der Waals surface area (Å²) < 4.78 is 0. The van der Waals surface area contributed by atoms with E-state index in [-0.39, 0.29) is 5.91 Å². The van der Waals surface area contributed by atoms with Gasteiger partial charge in [-0.25, -0.2) is 0 Å². The lowest BCUT2D eigenvalue weighted by molar-refractivity contribution is -0.130. The fourth-order valence-corrected chi connectivity index (χ4v) is 1.68. The van der Waals surface area contributed by atoms with E-state index in [2.05, 4.69) is 6.92 Å². The molecule has 2 nitrogen and oxygen atoms in total. The lowest BCUT2D eigenvalue weighted by Gasteiger charge is -2.31. The SMILES string of the molecule is CC.CC[C@@H]1CCCN(C(C)=O)C1. The van der Waals surface area contributed by atoms with Crippen molar-refractivity contribution in [2.24, 2.45) is 5.92 Å². The summed E-state index contributed by atoms with van der Waals surface area (Å²) in [6.45, 7) is 9.84. The average molecular weight is 185 g/mol. The van der Waals surface area contributed by atoms with Crippen LogP contribution in [0.3, 0.4) is 0 Å². The van der Waals surface area contributed by atoms with E-state index in [9.17, 15) is 4.79 Å². The zero-order chi connectivity index (χ0) is 10.3. The molecule has 1 saturated heterocycles. The first-order valence-electron chi connectivity index (χ1n) is 5.49. The zero-order valence-electron chi connectivity index (χ0n) is 9.47. The van der Waals surface area contributed by atoms with Crippen molar-refractivity contribution in [3.63, 3.8) is 0 Å². The molecule has 1 amide bonds. The second kappa shape index (κ2) is 6.93. The normalized spacial score (nSPS) is 21.8. The fraction of sp³-hybridized carbons (Fsp3) is 0.909. The van der Waals surface area contributed by atoms with Gasteiger partial charge in [-0.2, -0.15) is 0 Å². The number of hydrogen-bond acceptors (Lipinski definition) is 1. The summed E-state index contributed by atoms with van der Waals surface area (Å²) >= 11 is 0. The van der Waals surface area contributed by atoms with Gasteiger partial charge in [0.05, 0.1) is 0 Å². The Balaban J connectivity index is 0.000000671. The highest BCUT2D eigenvalue weighted by Gasteiger charge is 2.19. The summed E-state index contributed by atoms with van der Waals surface area (Å²) in [6.07, 6.45) is 3.71. The number of rotatable bonds is 1. The molecule has 1 heterocycles. The van der Waals surface area contributed by atoms with Crippen LogP contribution in [0.5, 0.6) is 0 Å². The summed E-state index contributed by atoms with van der Waals surface area (Å²) in [4.78, 5) is 13.0. The third-order valence-electron chi connectivity index (χ3n) is 2.54. The Kier molecular flexibility index (Phi) is 6.65. The van der Waals surface area contributed by atoms with E-state index in [1.807, 2.05) is 18.7 Å². The van der Waals surface area contributed by atoms with Gasteiger partial charge in [-0.3, -0.25) is 4.79 Å². The molecule has 0 aromatic carbocycles. The lowest BCUT2D eigenvalue weighted by Crippen LogP contribution is -2.38. The van der Waals surface area contributed by atoms with Gasteiger partial charge < -0.3 is 4.90 Å². The van der Waals surface area contributed by atoms with E-state index in [0.717, 1.165) is 19.0 Å². The highest BCUT2D eigenvalue weighted by atomic mass is 16.2. The van der Waals surface area contributed by atoms with E-state index in [1.54, 1.807) is 6.92 Å². The van der Waals surface area contributed by atoms with E-state index in [0.29, 0.717) is 0 Å². The maximum atomic E-state index is 11.0. The van der Waals surface area contributed by atoms with Gasteiger partial charge in [0.15, 0.2) is 0 Å². The molecule has 0 spiro atoms. The van der Waals surface area contributed by atoms with Crippen molar-refractivity contribution in [1.82, 2.24) is 4.90 Å². The molecular formula is C11H23NO. The van der Waals surface area contributed by atoms with Gasteiger partial charge in [-0.15, -0.1) is 0 Å². The molecule has 1 rings (SSSR count). The first kappa shape index (κ1) is 12.5. The Bertz CT molecular complexity index is 145. The Morgan fingerprint density at radius 3 is 2.54 bits per heavy atom. The van der Waals surface area contributed by atoms with Crippen LogP contribution in [0, 0.1) is 5.92 Å². The smallest absolute Gasteiger partial charge is 0.219 e. The van der Waals surface area contributed by atoms with Crippen molar-refractivity contribution in [1.29, 1.82) is 0 Å². The van der Waals surface area contributed by atoms with Gasteiger partial charge in [-0.1, -0.05) is 27.2 Å². The maximum absolute atomic E-state index is 11.0. The molecule has 0 aliphatic carbocycles. The molecule has 2 heteroatoms. The first-order valence-corrected chi connectivity index (χ1v) is 5.49. The van der Waals surface area contributed by atoms with Crippen molar-refractivity contribution in [2.45, 2.75) is 47.0 Å². The second-order valence-electron chi connectivity index (χ2n) is 3.38. The van der Waals surface area contributed by atoms with Crippen LogP contribution in [0.2, 0.25) is 0 Å². The maximum Gasteiger partial charge on any atom is 0.219 e. The summed E-state index contributed by atoms with van der Waals surface area (Å²) in [5.41, 5.74) is 0. The molecule has 0 N–H and O–H groups in total. The van der Waals surface area contributed by atoms with Crippen LogP contribution in [0.1, 0.15) is 47.0 Å². The predicted molar refractivity (Wildman–Crippen MR) is 56.6 cm³/mol. The Morgan fingerprint density at radius 1 is 1.46 bits per heavy atom. The number of amides is 1. The number of likely N-dealkylation sites (tertiary alicyclic amines) is 1. The molecule has 1 fully saturated rings. The Morgan fingerprint density at radius 2 is 2.08 bits per heavy atom. The summed E-state index contributed by atoms with van der Waals surface area (Å²) in [5, 5.41) is 0. The van der Waals surface area contributed by atoms with E-state index in [1.165, 1.54) is 19.3 Å². The Labute approximate surface area is 82.3 Å². The predicted octanol–water partition coefficient (Wildman–Crippen LogP) is 2.68. The largest absolute Gasteiger partial charge is 0.343 e. The standard InChI is InChI=1S/C9H17NO.C2H6/c1-3-9-5-4-6-10(7-9)8(2)11;1-2/h9H,3-7H2,1-2H3;1-2H3/t9-;/m1./s1. The lowest BCUT2D eigenvalue weighted by atomic mass is 9.96. The second-order valence-corrected chi connectivity index (χ2v) is 3.38. The minimum atomic E-state index is 0.239. The fourth-order valence-electron chi connectivity index (χ4n) is 1.68. The van der Waals surface area contributed by atoms with Gasteiger partial charge >= 0.3 is 0 Å². The number of piperidine rings is 1. The molecule has 0 unspecified atom stereocenters. The number of carbonyl (C=O) groups excluding carboxylic acids is 1. The average Bonchev–Trinajstić information content (AvgIpc) is 2.21. The molecule has 1 aliphatic rings. The summed E-state index contributed by atoms with van der Waals surface area (Å²) in [6, 6.07) is 0. The van der Waals surface area contributed by atoms with Crippen molar-refractivity contribution in [3.8, 4) is 0 Å². The third-order valence-corrected chi connectivity index (χ3v) is 2.54. The van der Waals surface area contributed by atoms with Crippen LogP contribution in [0.25, 0.3) is 0 Å². The zero-order valence-corrected chi connectivity index (χ0v) is 9.47. The van der Waals surface area contributed by atoms with Crippen LogP contribution in [0.4, 0.5) is 0 Å².